The zero-order valence-corrected chi connectivity index (χ0v) is 11.0. The van der Waals surface area contributed by atoms with E-state index in [0.29, 0.717) is 6.10 Å². The second kappa shape index (κ2) is 8.70. The molecule has 1 heterocycles. The van der Waals surface area contributed by atoms with Gasteiger partial charge in [0.25, 0.3) is 0 Å². The van der Waals surface area contributed by atoms with Crippen LogP contribution in [0.1, 0.15) is 11.8 Å². The van der Waals surface area contributed by atoms with Crippen LogP contribution in [0.4, 0.5) is 0 Å². The Balaban J connectivity index is 1.85. The maximum Gasteiger partial charge on any atom is 0.0667 e. The maximum atomic E-state index is 5.15. The number of hydrogen-bond acceptors (Lipinski definition) is 4. The first-order valence-electron chi connectivity index (χ1n) is 5.79. The molecule has 16 heavy (non-hydrogen) atoms. The van der Waals surface area contributed by atoms with Gasteiger partial charge in [0.2, 0.25) is 0 Å². The Morgan fingerprint density at radius 3 is 2.81 bits per heavy atom. The van der Waals surface area contributed by atoms with Crippen molar-refractivity contribution < 1.29 is 4.74 Å². The highest BCUT2D eigenvalue weighted by molar-refractivity contribution is 7.09. The van der Waals surface area contributed by atoms with Gasteiger partial charge in [-0.05, 0) is 24.8 Å². The zero-order chi connectivity index (χ0) is 11.6. The van der Waals surface area contributed by atoms with Crippen molar-refractivity contribution in [2.24, 2.45) is 0 Å². The Labute approximate surface area is 102 Å². The Bertz CT molecular complexity index is 252. The second-order valence-corrected chi connectivity index (χ2v) is 4.86. The third-order valence-corrected chi connectivity index (χ3v) is 3.38. The fraction of sp³-hybridized carbons (Fsp3) is 0.667. The van der Waals surface area contributed by atoms with Crippen LogP contribution in [0.2, 0.25) is 0 Å². The molecule has 2 N–H and O–H groups in total. The van der Waals surface area contributed by atoms with Crippen LogP contribution in [0.5, 0.6) is 0 Å². The van der Waals surface area contributed by atoms with E-state index in [-0.39, 0.29) is 0 Å². The molecule has 1 aromatic rings. The van der Waals surface area contributed by atoms with Crippen LogP contribution in [-0.2, 0) is 11.2 Å². The minimum absolute atomic E-state index is 0.297. The summed E-state index contributed by atoms with van der Waals surface area (Å²) in [6.45, 7) is 6.06. The molecule has 0 spiro atoms. The van der Waals surface area contributed by atoms with Gasteiger partial charge >= 0.3 is 0 Å². The fourth-order valence-electron chi connectivity index (χ4n) is 1.36. The molecule has 3 nitrogen and oxygen atoms in total. The molecule has 1 unspecified atom stereocenters. The van der Waals surface area contributed by atoms with Crippen LogP contribution in [-0.4, -0.2) is 39.4 Å². The van der Waals surface area contributed by atoms with Gasteiger partial charge in [-0.15, -0.1) is 11.3 Å². The number of rotatable bonds is 9. The highest BCUT2D eigenvalue weighted by Gasteiger charge is 1.97. The molecule has 1 atom stereocenters. The molecule has 0 fully saturated rings. The average Bonchev–Trinajstić information content (AvgIpc) is 2.80. The monoisotopic (exact) mass is 242 g/mol. The van der Waals surface area contributed by atoms with Gasteiger partial charge in [-0.2, -0.15) is 0 Å². The van der Waals surface area contributed by atoms with E-state index in [2.05, 4.69) is 35.1 Å². The van der Waals surface area contributed by atoms with Gasteiger partial charge in [0.15, 0.2) is 0 Å². The minimum Gasteiger partial charge on any atom is -0.380 e. The molecule has 0 saturated carbocycles. The largest absolute Gasteiger partial charge is 0.380 e. The number of methoxy groups -OCH3 is 1. The third-order valence-electron chi connectivity index (χ3n) is 2.44. The minimum atomic E-state index is 0.297. The van der Waals surface area contributed by atoms with E-state index in [4.69, 9.17) is 4.74 Å². The molecule has 0 saturated heterocycles. The van der Waals surface area contributed by atoms with Crippen LogP contribution in [0, 0.1) is 0 Å². The first-order chi connectivity index (χ1) is 7.83. The topological polar surface area (TPSA) is 33.3 Å². The zero-order valence-electron chi connectivity index (χ0n) is 10.2. The number of ether oxygens (including phenoxy) is 1. The molecule has 0 aliphatic rings. The summed E-state index contributed by atoms with van der Waals surface area (Å²) in [6.07, 6.45) is 1.43. The van der Waals surface area contributed by atoms with E-state index < -0.39 is 0 Å². The van der Waals surface area contributed by atoms with E-state index in [9.17, 15) is 0 Å². The van der Waals surface area contributed by atoms with Gasteiger partial charge < -0.3 is 15.4 Å². The normalized spacial score (nSPS) is 12.9. The van der Waals surface area contributed by atoms with Crippen molar-refractivity contribution >= 4 is 11.3 Å². The van der Waals surface area contributed by atoms with Crippen molar-refractivity contribution in [2.45, 2.75) is 19.4 Å². The summed E-state index contributed by atoms with van der Waals surface area (Å²) in [7, 11) is 1.74. The SMILES string of the molecule is COC(C)CNCCNCCc1cccs1. The van der Waals surface area contributed by atoms with Crippen molar-refractivity contribution in [3.8, 4) is 0 Å². The summed E-state index contributed by atoms with van der Waals surface area (Å²) in [4.78, 5) is 1.45. The Hall–Kier alpha value is -0.420. The molecular formula is C12H22N2OS. The predicted molar refractivity (Wildman–Crippen MR) is 70.2 cm³/mol. The van der Waals surface area contributed by atoms with Gasteiger partial charge in [0.1, 0.15) is 0 Å². The van der Waals surface area contributed by atoms with Crippen molar-refractivity contribution in [2.75, 3.05) is 33.3 Å². The van der Waals surface area contributed by atoms with E-state index in [1.165, 1.54) is 4.88 Å². The second-order valence-electron chi connectivity index (χ2n) is 3.83. The first-order valence-corrected chi connectivity index (χ1v) is 6.67. The number of hydrogen-bond donors (Lipinski definition) is 2. The van der Waals surface area contributed by atoms with Gasteiger partial charge in [0.05, 0.1) is 6.10 Å². The van der Waals surface area contributed by atoms with E-state index in [1.54, 1.807) is 7.11 Å². The summed E-state index contributed by atoms with van der Waals surface area (Å²) in [5, 5.41) is 8.89. The molecule has 0 radical (unpaired) electrons. The van der Waals surface area contributed by atoms with Crippen molar-refractivity contribution in [1.82, 2.24) is 10.6 Å². The molecule has 1 aromatic heterocycles. The summed E-state index contributed by atoms with van der Waals surface area (Å²) in [6, 6.07) is 4.29. The molecule has 0 amide bonds. The van der Waals surface area contributed by atoms with Gasteiger partial charge in [-0.3, -0.25) is 0 Å². The highest BCUT2D eigenvalue weighted by Crippen LogP contribution is 2.07. The maximum absolute atomic E-state index is 5.15. The van der Waals surface area contributed by atoms with Crippen LogP contribution < -0.4 is 10.6 Å². The predicted octanol–water partition coefficient (Wildman–Crippen LogP) is 1.50. The van der Waals surface area contributed by atoms with Crippen molar-refractivity contribution in [1.29, 1.82) is 0 Å². The smallest absolute Gasteiger partial charge is 0.0667 e. The van der Waals surface area contributed by atoms with Crippen LogP contribution in [0.3, 0.4) is 0 Å². The average molecular weight is 242 g/mol. The van der Waals surface area contributed by atoms with E-state index in [1.807, 2.05) is 11.3 Å². The standard InChI is InChI=1S/C12H22N2OS/c1-11(15-2)10-14-8-7-13-6-5-12-4-3-9-16-12/h3-4,9,11,13-14H,5-8,10H2,1-2H3. The van der Waals surface area contributed by atoms with Crippen LogP contribution in [0.25, 0.3) is 0 Å². The Kier molecular flexibility index (Phi) is 7.42. The third kappa shape index (κ3) is 6.23. The van der Waals surface area contributed by atoms with Crippen molar-refractivity contribution in [3.05, 3.63) is 22.4 Å². The molecule has 4 heteroatoms. The summed E-state index contributed by atoms with van der Waals surface area (Å²) < 4.78 is 5.15. The van der Waals surface area contributed by atoms with Gasteiger partial charge in [-0.1, -0.05) is 6.07 Å². The molecule has 1 rings (SSSR count). The molecule has 0 aliphatic carbocycles. The van der Waals surface area contributed by atoms with E-state index >= 15 is 0 Å². The fourth-order valence-corrected chi connectivity index (χ4v) is 2.07. The molecule has 0 aliphatic heterocycles. The highest BCUT2D eigenvalue weighted by atomic mass is 32.1. The lowest BCUT2D eigenvalue weighted by Gasteiger charge is -2.10. The Morgan fingerprint density at radius 1 is 1.31 bits per heavy atom. The molecular weight excluding hydrogens is 220 g/mol. The number of thiophene rings is 1. The van der Waals surface area contributed by atoms with Crippen LogP contribution >= 0.6 is 11.3 Å². The lowest BCUT2D eigenvalue weighted by Crippen LogP contribution is -2.33. The lowest BCUT2D eigenvalue weighted by atomic mass is 10.3. The quantitative estimate of drug-likeness (QED) is 0.644. The molecule has 92 valence electrons. The number of nitrogens with one attached hydrogen (secondary N) is 2. The Morgan fingerprint density at radius 2 is 2.12 bits per heavy atom. The lowest BCUT2D eigenvalue weighted by molar-refractivity contribution is 0.117. The van der Waals surface area contributed by atoms with Crippen LogP contribution in [0.15, 0.2) is 17.5 Å². The van der Waals surface area contributed by atoms with Gasteiger partial charge in [-0.25, -0.2) is 0 Å². The first kappa shape index (κ1) is 13.6. The molecule has 0 bridgehead atoms. The van der Waals surface area contributed by atoms with Crippen molar-refractivity contribution in [3.63, 3.8) is 0 Å². The van der Waals surface area contributed by atoms with E-state index in [0.717, 1.165) is 32.6 Å². The molecule has 0 aromatic carbocycles. The summed E-state index contributed by atoms with van der Waals surface area (Å²) >= 11 is 1.83. The summed E-state index contributed by atoms with van der Waals surface area (Å²) in [5.74, 6) is 0. The summed E-state index contributed by atoms with van der Waals surface area (Å²) in [5.41, 5.74) is 0. The van der Waals surface area contributed by atoms with Gasteiger partial charge in [0, 0.05) is 38.2 Å².